The molecule has 0 radical (unpaired) electrons. The van der Waals surface area contributed by atoms with Crippen LogP contribution >= 0.6 is 23.2 Å². The summed E-state index contributed by atoms with van der Waals surface area (Å²) < 4.78 is 5.70. The van der Waals surface area contributed by atoms with E-state index in [0.29, 0.717) is 44.3 Å². The normalized spacial score (nSPS) is 10.6. The van der Waals surface area contributed by atoms with Crippen molar-refractivity contribution in [1.29, 1.82) is 0 Å². The lowest BCUT2D eigenvalue weighted by Crippen LogP contribution is -2.14. The number of hydrogen-bond acceptors (Lipinski definition) is 5. The number of amides is 1. The van der Waals surface area contributed by atoms with Crippen LogP contribution in [0.3, 0.4) is 0 Å². The van der Waals surface area contributed by atoms with Crippen LogP contribution < -0.4 is 10.6 Å². The lowest BCUT2D eigenvalue weighted by Gasteiger charge is -2.11. The zero-order valence-electron chi connectivity index (χ0n) is 15.6. The Morgan fingerprint density at radius 2 is 1.73 bits per heavy atom. The van der Waals surface area contributed by atoms with Crippen LogP contribution in [-0.2, 0) is 6.54 Å². The molecule has 0 aliphatic heterocycles. The van der Waals surface area contributed by atoms with Gasteiger partial charge in [0, 0.05) is 16.4 Å². The van der Waals surface area contributed by atoms with Gasteiger partial charge in [0.25, 0.3) is 5.91 Å². The maximum atomic E-state index is 12.7. The minimum atomic E-state index is -0.261. The Kier molecular flexibility index (Phi) is 5.97. The van der Waals surface area contributed by atoms with Gasteiger partial charge in [0.05, 0.1) is 22.7 Å². The van der Waals surface area contributed by atoms with Gasteiger partial charge in [0.1, 0.15) is 0 Å². The molecule has 1 heterocycles. The van der Waals surface area contributed by atoms with E-state index in [1.54, 1.807) is 48.5 Å². The summed E-state index contributed by atoms with van der Waals surface area (Å²) in [4.78, 5) is 12.7. The molecule has 0 aliphatic rings. The molecule has 0 bridgehead atoms. The van der Waals surface area contributed by atoms with Gasteiger partial charge in [-0.25, -0.2) is 0 Å². The van der Waals surface area contributed by atoms with Crippen LogP contribution in [0, 0.1) is 0 Å². The van der Waals surface area contributed by atoms with Gasteiger partial charge in [0.2, 0.25) is 11.8 Å². The molecular weight excluding hydrogens is 423 g/mol. The molecule has 1 amide bonds. The van der Waals surface area contributed by atoms with Crippen molar-refractivity contribution in [2.75, 3.05) is 10.6 Å². The highest BCUT2D eigenvalue weighted by Gasteiger charge is 2.14. The van der Waals surface area contributed by atoms with E-state index in [4.69, 9.17) is 27.6 Å². The Morgan fingerprint density at radius 1 is 0.933 bits per heavy atom. The van der Waals surface area contributed by atoms with Crippen LogP contribution in [0.15, 0.2) is 77.2 Å². The van der Waals surface area contributed by atoms with Crippen LogP contribution in [0.5, 0.6) is 0 Å². The van der Waals surface area contributed by atoms with Gasteiger partial charge in [0.15, 0.2) is 0 Å². The minimum absolute atomic E-state index is 0.249. The lowest BCUT2D eigenvalue weighted by molar-refractivity contribution is 0.102. The van der Waals surface area contributed by atoms with E-state index < -0.39 is 0 Å². The number of benzene rings is 3. The topological polar surface area (TPSA) is 80.0 Å². The van der Waals surface area contributed by atoms with Crippen molar-refractivity contribution in [3.05, 3.63) is 94.3 Å². The second-order valence-corrected chi connectivity index (χ2v) is 7.19. The minimum Gasteiger partial charge on any atom is -0.419 e. The zero-order chi connectivity index (χ0) is 20.9. The van der Waals surface area contributed by atoms with Gasteiger partial charge in [-0.05, 0) is 42.5 Å². The monoisotopic (exact) mass is 438 g/mol. The van der Waals surface area contributed by atoms with E-state index in [9.17, 15) is 4.79 Å². The van der Waals surface area contributed by atoms with Gasteiger partial charge in [-0.2, -0.15) is 0 Å². The van der Waals surface area contributed by atoms with Gasteiger partial charge in [-0.1, -0.05) is 53.5 Å². The number of aromatic nitrogens is 2. The predicted molar refractivity (Wildman–Crippen MR) is 118 cm³/mol. The Labute approximate surface area is 182 Å². The third-order valence-electron chi connectivity index (χ3n) is 4.26. The molecule has 1 aromatic heterocycles. The summed E-state index contributed by atoms with van der Waals surface area (Å²) in [5.41, 5.74) is 2.39. The molecule has 0 saturated carbocycles. The maximum absolute atomic E-state index is 12.7. The van der Waals surface area contributed by atoms with Crippen molar-refractivity contribution < 1.29 is 9.21 Å². The summed E-state index contributed by atoms with van der Waals surface area (Å²) in [6, 6.07) is 21.4. The molecule has 6 nitrogen and oxygen atoms in total. The lowest BCUT2D eigenvalue weighted by atomic mass is 10.1. The Morgan fingerprint density at radius 3 is 2.57 bits per heavy atom. The molecule has 0 spiro atoms. The second-order valence-electron chi connectivity index (χ2n) is 6.34. The van der Waals surface area contributed by atoms with Crippen LogP contribution in [0.4, 0.5) is 11.4 Å². The summed E-state index contributed by atoms with van der Waals surface area (Å²) in [6.45, 7) is 0.249. The molecule has 4 rings (SSSR count). The Balaban J connectivity index is 1.47. The standard InChI is InChI=1S/C22H16Cl2N4O2/c23-14-6-5-7-15(12-14)26-21(29)17-9-2-4-11-19(17)25-13-20-27-28-22(30-20)16-8-1-3-10-18(16)24/h1-12,25H,13H2,(H,26,29). The second kappa shape index (κ2) is 8.98. The number of carbonyl (C=O) groups excluding carboxylic acids is 1. The summed E-state index contributed by atoms with van der Waals surface area (Å²) in [5, 5.41) is 15.2. The first-order chi connectivity index (χ1) is 14.6. The van der Waals surface area contributed by atoms with Crippen molar-refractivity contribution in [3.63, 3.8) is 0 Å². The van der Waals surface area contributed by atoms with Crippen molar-refractivity contribution in [2.24, 2.45) is 0 Å². The average Bonchev–Trinajstić information content (AvgIpc) is 3.21. The van der Waals surface area contributed by atoms with Gasteiger partial charge in [-0.15, -0.1) is 10.2 Å². The number of nitrogens with one attached hydrogen (secondary N) is 2. The Bertz CT molecular complexity index is 1190. The molecule has 150 valence electrons. The third-order valence-corrected chi connectivity index (χ3v) is 4.82. The molecule has 0 saturated heterocycles. The fourth-order valence-corrected chi connectivity index (χ4v) is 3.25. The van der Waals surface area contributed by atoms with E-state index in [-0.39, 0.29) is 12.5 Å². The highest BCUT2D eigenvalue weighted by molar-refractivity contribution is 6.33. The van der Waals surface area contributed by atoms with Crippen LogP contribution in [-0.4, -0.2) is 16.1 Å². The number of anilines is 2. The number of nitrogens with zero attached hydrogens (tertiary/aromatic N) is 2. The summed E-state index contributed by atoms with van der Waals surface area (Å²) in [6.07, 6.45) is 0. The molecule has 0 fully saturated rings. The highest BCUT2D eigenvalue weighted by atomic mass is 35.5. The van der Waals surface area contributed by atoms with Crippen molar-refractivity contribution >= 4 is 40.5 Å². The first-order valence-electron chi connectivity index (χ1n) is 9.07. The molecule has 4 aromatic rings. The molecule has 30 heavy (non-hydrogen) atoms. The van der Waals surface area contributed by atoms with E-state index >= 15 is 0 Å². The summed E-state index contributed by atoms with van der Waals surface area (Å²) in [5.74, 6) is 0.446. The van der Waals surface area contributed by atoms with Gasteiger partial charge in [-0.3, -0.25) is 4.79 Å². The van der Waals surface area contributed by atoms with Crippen LogP contribution in [0.25, 0.3) is 11.5 Å². The van der Waals surface area contributed by atoms with E-state index in [1.807, 2.05) is 24.3 Å². The number of halogens is 2. The number of hydrogen-bond donors (Lipinski definition) is 2. The molecule has 8 heteroatoms. The SMILES string of the molecule is O=C(Nc1cccc(Cl)c1)c1ccccc1NCc1nnc(-c2ccccc2Cl)o1. The van der Waals surface area contributed by atoms with Gasteiger partial charge < -0.3 is 15.1 Å². The molecule has 0 aliphatic carbocycles. The summed E-state index contributed by atoms with van der Waals surface area (Å²) in [7, 11) is 0. The predicted octanol–water partition coefficient (Wildman–Crippen LogP) is 5.91. The first-order valence-corrected chi connectivity index (χ1v) is 9.83. The summed E-state index contributed by atoms with van der Waals surface area (Å²) >= 11 is 12.2. The zero-order valence-corrected chi connectivity index (χ0v) is 17.1. The van der Waals surface area contributed by atoms with Gasteiger partial charge >= 0.3 is 0 Å². The third kappa shape index (κ3) is 4.62. The largest absolute Gasteiger partial charge is 0.419 e. The fourth-order valence-electron chi connectivity index (χ4n) is 2.84. The van der Waals surface area contributed by atoms with Crippen molar-refractivity contribution in [1.82, 2.24) is 10.2 Å². The molecule has 0 unspecified atom stereocenters. The van der Waals surface area contributed by atoms with Crippen LogP contribution in [0.2, 0.25) is 10.0 Å². The van der Waals surface area contributed by atoms with E-state index in [1.165, 1.54) is 0 Å². The van der Waals surface area contributed by atoms with E-state index in [0.717, 1.165) is 0 Å². The molecule has 0 atom stereocenters. The highest BCUT2D eigenvalue weighted by Crippen LogP contribution is 2.26. The number of para-hydroxylation sites is 1. The number of rotatable bonds is 6. The van der Waals surface area contributed by atoms with Crippen molar-refractivity contribution in [2.45, 2.75) is 6.54 Å². The average molecular weight is 439 g/mol. The van der Waals surface area contributed by atoms with E-state index in [2.05, 4.69) is 20.8 Å². The first kappa shape index (κ1) is 19.9. The number of carbonyl (C=O) groups is 1. The molecule has 2 N–H and O–H groups in total. The smallest absolute Gasteiger partial charge is 0.257 e. The Hall–Kier alpha value is -3.35. The molecule has 3 aromatic carbocycles. The fraction of sp³-hybridized carbons (Fsp3) is 0.0455. The van der Waals surface area contributed by atoms with Crippen molar-refractivity contribution in [3.8, 4) is 11.5 Å². The molecular formula is C22H16Cl2N4O2. The van der Waals surface area contributed by atoms with Crippen LogP contribution in [0.1, 0.15) is 16.2 Å². The quantitative estimate of drug-likeness (QED) is 0.391. The maximum Gasteiger partial charge on any atom is 0.257 e.